The molecule has 1 heterocycles. The Balaban J connectivity index is 1.99. The largest absolute Gasteiger partial charge is 0.340 e. The Labute approximate surface area is 130 Å². The number of likely N-dealkylation sites (tertiary alicyclic amines) is 1. The Hall–Kier alpha value is -1.12. The summed E-state index contributed by atoms with van der Waals surface area (Å²) in [7, 11) is 2.34. The number of quaternary nitrogens is 2. The normalized spacial score (nSPS) is 32.8. The molecule has 21 heavy (non-hydrogen) atoms. The molecule has 0 spiro atoms. The standard InChI is InChI=1S/C19H30N2/c1-5-12-19(14-17(3)21(4)15-16(19)2)20-13-11-18-9-7-6-8-10-18/h5-10,16-17,20H,1,11-15H2,2-4H3/p+2/t16-,17-,19+/m1/s1. The number of piperidine rings is 1. The molecule has 1 aliphatic rings. The number of benzene rings is 1. The van der Waals surface area contributed by atoms with E-state index in [-0.39, 0.29) is 0 Å². The van der Waals surface area contributed by atoms with Crippen molar-refractivity contribution in [3.05, 3.63) is 48.6 Å². The monoisotopic (exact) mass is 288 g/mol. The lowest BCUT2D eigenvalue weighted by atomic mass is 9.74. The third kappa shape index (κ3) is 3.96. The highest BCUT2D eigenvalue weighted by molar-refractivity contribution is 5.14. The van der Waals surface area contributed by atoms with Gasteiger partial charge >= 0.3 is 0 Å². The van der Waals surface area contributed by atoms with Crippen molar-refractivity contribution in [2.75, 3.05) is 20.1 Å². The first-order valence-electron chi connectivity index (χ1n) is 8.39. The fourth-order valence-corrected chi connectivity index (χ4v) is 3.92. The quantitative estimate of drug-likeness (QED) is 0.730. The van der Waals surface area contributed by atoms with E-state index in [1.165, 1.54) is 25.1 Å². The SMILES string of the molecule is C=CC[C@]1([NH2+]CCc2ccccc2)C[C@@H](C)[NH+](C)C[C@H]1C. The maximum absolute atomic E-state index is 4.02. The molecule has 0 saturated carbocycles. The van der Waals surface area contributed by atoms with E-state index in [2.05, 4.69) is 69.2 Å². The van der Waals surface area contributed by atoms with E-state index in [1.54, 1.807) is 4.90 Å². The third-order valence-corrected chi connectivity index (χ3v) is 5.49. The highest BCUT2D eigenvalue weighted by atomic mass is 15.2. The molecule has 2 heteroatoms. The van der Waals surface area contributed by atoms with Gasteiger partial charge in [-0.1, -0.05) is 43.3 Å². The van der Waals surface area contributed by atoms with Crippen molar-refractivity contribution in [2.45, 2.75) is 44.7 Å². The van der Waals surface area contributed by atoms with E-state index in [0.717, 1.165) is 24.8 Å². The summed E-state index contributed by atoms with van der Waals surface area (Å²) in [5.41, 5.74) is 1.80. The van der Waals surface area contributed by atoms with Crippen LogP contribution in [0.25, 0.3) is 0 Å². The van der Waals surface area contributed by atoms with Gasteiger partial charge in [0, 0.05) is 12.8 Å². The van der Waals surface area contributed by atoms with Gasteiger partial charge in [-0.3, -0.25) is 0 Å². The van der Waals surface area contributed by atoms with Crippen molar-refractivity contribution in [1.82, 2.24) is 0 Å². The third-order valence-electron chi connectivity index (χ3n) is 5.49. The van der Waals surface area contributed by atoms with E-state index >= 15 is 0 Å². The summed E-state index contributed by atoms with van der Waals surface area (Å²) in [6.07, 6.45) is 5.70. The summed E-state index contributed by atoms with van der Waals surface area (Å²) in [6, 6.07) is 11.6. The Morgan fingerprint density at radius 1 is 1.33 bits per heavy atom. The lowest BCUT2D eigenvalue weighted by molar-refractivity contribution is -0.928. The molecular formula is C19H32N2+2. The molecule has 1 saturated heterocycles. The Bertz CT molecular complexity index is 442. The predicted octanol–water partition coefficient (Wildman–Crippen LogP) is 1.05. The van der Waals surface area contributed by atoms with Gasteiger partial charge in [0.25, 0.3) is 0 Å². The minimum Gasteiger partial charge on any atom is -0.340 e. The zero-order valence-electron chi connectivity index (χ0n) is 13.9. The molecular weight excluding hydrogens is 256 g/mol. The average Bonchev–Trinajstić information content (AvgIpc) is 2.47. The maximum Gasteiger partial charge on any atom is 0.113 e. The minimum absolute atomic E-state index is 0.357. The van der Waals surface area contributed by atoms with Crippen LogP contribution in [0.5, 0.6) is 0 Å². The van der Waals surface area contributed by atoms with Crippen molar-refractivity contribution < 1.29 is 10.2 Å². The summed E-state index contributed by atoms with van der Waals surface area (Å²) in [4.78, 5) is 1.68. The molecule has 0 radical (unpaired) electrons. The van der Waals surface area contributed by atoms with E-state index in [0.29, 0.717) is 5.54 Å². The van der Waals surface area contributed by atoms with Crippen molar-refractivity contribution >= 4 is 0 Å². The molecule has 1 aliphatic heterocycles. The lowest BCUT2D eigenvalue weighted by Gasteiger charge is -2.44. The van der Waals surface area contributed by atoms with Gasteiger partial charge in [-0.15, -0.1) is 6.58 Å². The van der Waals surface area contributed by atoms with Crippen LogP contribution in [0.15, 0.2) is 43.0 Å². The first-order valence-corrected chi connectivity index (χ1v) is 8.39. The zero-order chi connectivity index (χ0) is 15.3. The van der Waals surface area contributed by atoms with Gasteiger partial charge in [0.05, 0.1) is 38.5 Å². The molecule has 3 N–H and O–H groups in total. The number of rotatable bonds is 6. The maximum atomic E-state index is 4.02. The molecule has 1 unspecified atom stereocenters. The first-order chi connectivity index (χ1) is 10.1. The molecule has 0 bridgehead atoms. The van der Waals surface area contributed by atoms with Crippen molar-refractivity contribution in [3.63, 3.8) is 0 Å². The van der Waals surface area contributed by atoms with Crippen LogP contribution >= 0.6 is 0 Å². The summed E-state index contributed by atoms with van der Waals surface area (Å²) in [5, 5.41) is 2.62. The van der Waals surface area contributed by atoms with Gasteiger partial charge in [-0.25, -0.2) is 0 Å². The molecule has 2 nitrogen and oxygen atoms in total. The summed E-state index contributed by atoms with van der Waals surface area (Å²) in [5.74, 6) is 0.738. The highest BCUT2D eigenvalue weighted by Gasteiger charge is 2.47. The predicted molar refractivity (Wildman–Crippen MR) is 89.5 cm³/mol. The molecule has 1 fully saturated rings. The Morgan fingerprint density at radius 2 is 2.05 bits per heavy atom. The van der Waals surface area contributed by atoms with Gasteiger partial charge in [-0.05, 0) is 12.5 Å². The van der Waals surface area contributed by atoms with Gasteiger partial charge in [0.2, 0.25) is 0 Å². The van der Waals surface area contributed by atoms with Crippen molar-refractivity contribution in [1.29, 1.82) is 0 Å². The fourth-order valence-electron chi connectivity index (χ4n) is 3.92. The summed E-state index contributed by atoms with van der Waals surface area (Å²) >= 11 is 0. The van der Waals surface area contributed by atoms with Crippen LogP contribution in [0.1, 0.15) is 32.3 Å². The zero-order valence-corrected chi connectivity index (χ0v) is 13.9. The van der Waals surface area contributed by atoms with Gasteiger partial charge in [-0.2, -0.15) is 0 Å². The van der Waals surface area contributed by atoms with Gasteiger partial charge in [0.15, 0.2) is 0 Å². The molecule has 0 amide bonds. The van der Waals surface area contributed by atoms with E-state index in [4.69, 9.17) is 0 Å². The van der Waals surface area contributed by atoms with Gasteiger partial charge < -0.3 is 10.2 Å². The number of hydrogen-bond acceptors (Lipinski definition) is 0. The molecule has 2 rings (SSSR count). The Kier molecular flexibility index (Phi) is 5.60. The highest BCUT2D eigenvalue weighted by Crippen LogP contribution is 2.25. The molecule has 1 aromatic carbocycles. The average molecular weight is 288 g/mol. The van der Waals surface area contributed by atoms with Crippen molar-refractivity contribution in [2.24, 2.45) is 5.92 Å². The molecule has 116 valence electrons. The van der Waals surface area contributed by atoms with E-state index in [1.807, 2.05) is 0 Å². The number of nitrogens with two attached hydrogens (primary N) is 1. The molecule has 1 aromatic rings. The van der Waals surface area contributed by atoms with Crippen molar-refractivity contribution in [3.8, 4) is 0 Å². The summed E-state index contributed by atoms with van der Waals surface area (Å²) in [6.45, 7) is 11.3. The minimum atomic E-state index is 0.357. The Morgan fingerprint density at radius 3 is 2.71 bits per heavy atom. The molecule has 4 atom stereocenters. The van der Waals surface area contributed by atoms with Crippen LogP contribution in [0.2, 0.25) is 0 Å². The molecule has 0 aliphatic carbocycles. The van der Waals surface area contributed by atoms with Crippen LogP contribution in [-0.4, -0.2) is 31.7 Å². The second-order valence-corrected chi connectivity index (χ2v) is 7.01. The smallest absolute Gasteiger partial charge is 0.113 e. The summed E-state index contributed by atoms with van der Waals surface area (Å²) < 4.78 is 0. The second-order valence-electron chi connectivity index (χ2n) is 7.01. The van der Waals surface area contributed by atoms with Crippen LogP contribution in [0.3, 0.4) is 0 Å². The topological polar surface area (TPSA) is 21.1 Å². The van der Waals surface area contributed by atoms with Crippen LogP contribution in [0.4, 0.5) is 0 Å². The van der Waals surface area contributed by atoms with E-state index < -0.39 is 0 Å². The number of hydrogen-bond donors (Lipinski definition) is 2. The number of nitrogens with one attached hydrogen (secondary N) is 1. The van der Waals surface area contributed by atoms with Gasteiger partial charge in [0.1, 0.15) is 5.54 Å². The van der Waals surface area contributed by atoms with Crippen LogP contribution < -0.4 is 10.2 Å². The van der Waals surface area contributed by atoms with E-state index in [9.17, 15) is 0 Å². The van der Waals surface area contributed by atoms with Crippen LogP contribution in [-0.2, 0) is 6.42 Å². The van der Waals surface area contributed by atoms with Crippen LogP contribution in [0, 0.1) is 5.92 Å². The second kappa shape index (κ2) is 7.24. The first kappa shape index (κ1) is 16.3. The molecule has 0 aromatic heterocycles. The lowest BCUT2D eigenvalue weighted by Crippen LogP contribution is -3.18. The fraction of sp³-hybridized carbons (Fsp3) is 0.579.